The largest absolute Gasteiger partial charge is 0.269 e. The molecule has 3 aromatic heterocycles. The van der Waals surface area contributed by atoms with Gasteiger partial charge in [-0.05, 0) is 38.1 Å². The molecule has 0 aliphatic carbocycles. The summed E-state index contributed by atoms with van der Waals surface area (Å²) in [6, 6.07) is 6.80. The van der Waals surface area contributed by atoms with Crippen LogP contribution >= 0.6 is 27.3 Å². The van der Waals surface area contributed by atoms with Gasteiger partial charge in [0.1, 0.15) is 11.5 Å². The van der Waals surface area contributed by atoms with Crippen LogP contribution in [0.5, 0.6) is 0 Å². The van der Waals surface area contributed by atoms with Gasteiger partial charge in [0.15, 0.2) is 10.8 Å². The van der Waals surface area contributed by atoms with Crippen molar-refractivity contribution in [2.45, 2.75) is 20.4 Å². The third-order valence-electron chi connectivity index (χ3n) is 3.66. The summed E-state index contributed by atoms with van der Waals surface area (Å²) >= 11 is 4.63. The van der Waals surface area contributed by atoms with Crippen molar-refractivity contribution in [1.29, 1.82) is 0 Å². The average molecular weight is 407 g/mol. The van der Waals surface area contributed by atoms with E-state index in [-0.39, 0.29) is 5.82 Å². The Morgan fingerprint density at radius 2 is 2.04 bits per heavy atom. The van der Waals surface area contributed by atoms with E-state index in [1.165, 1.54) is 17.4 Å². The van der Waals surface area contributed by atoms with Gasteiger partial charge in [0, 0.05) is 16.7 Å². The molecule has 122 valence electrons. The van der Waals surface area contributed by atoms with Crippen LogP contribution < -0.4 is 0 Å². The number of hydrogen-bond donors (Lipinski definition) is 0. The first-order chi connectivity index (χ1) is 11.6. The van der Waals surface area contributed by atoms with Gasteiger partial charge in [0.25, 0.3) is 0 Å². The van der Waals surface area contributed by atoms with Gasteiger partial charge in [-0.3, -0.25) is 4.68 Å². The standard InChI is InChI=1S/C15H12BrFN6S/c1-3-22-8(2)6-12(20-22)14-21-23-13(18-19-15(23)24-14)10-5-4-9(16)7-11(10)17/h4-7H,3H2,1-2H3. The molecule has 0 spiro atoms. The molecule has 1 aromatic carbocycles. The molecule has 0 aliphatic rings. The van der Waals surface area contributed by atoms with Crippen LogP contribution in [0.3, 0.4) is 0 Å². The smallest absolute Gasteiger partial charge is 0.235 e. The molecule has 4 aromatic rings. The second-order valence-corrected chi connectivity index (χ2v) is 7.11. The lowest BCUT2D eigenvalue weighted by atomic mass is 10.2. The number of fused-ring (bicyclic) bond motifs is 1. The highest BCUT2D eigenvalue weighted by atomic mass is 79.9. The van der Waals surface area contributed by atoms with Gasteiger partial charge in [-0.1, -0.05) is 27.3 Å². The van der Waals surface area contributed by atoms with Crippen molar-refractivity contribution < 1.29 is 4.39 Å². The number of aromatic nitrogens is 6. The highest BCUT2D eigenvalue weighted by Crippen LogP contribution is 2.29. The van der Waals surface area contributed by atoms with E-state index < -0.39 is 0 Å². The predicted molar refractivity (Wildman–Crippen MR) is 93.4 cm³/mol. The summed E-state index contributed by atoms with van der Waals surface area (Å²) in [7, 11) is 0. The minimum absolute atomic E-state index is 0.359. The number of nitrogens with zero attached hydrogens (tertiary/aromatic N) is 6. The Labute approximate surface area is 149 Å². The van der Waals surface area contributed by atoms with Gasteiger partial charge in [-0.25, -0.2) is 4.39 Å². The molecule has 4 rings (SSSR count). The van der Waals surface area contributed by atoms with Gasteiger partial charge >= 0.3 is 0 Å². The molecule has 3 heterocycles. The van der Waals surface area contributed by atoms with Crippen LogP contribution in [-0.2, 0) is 6.54 Å². The molecule has 0 unspecified atom stereocenters. The molecule has 9 heteroatoms. The van der Waals surface area contributed by atoms with Crippen molar-refractivity contribution in [2.75, 3.05) is 0 Å². The number of halogens is 2. The maximum Gasteiger partial charge on any atom is 0.235 e. The normalized spacial score (nSPS) is 11.5. The lowest BCUT2D eigenvalue weighted by Crippen LogP contribution is -1.98. The Hall–Kier alpha value is -2.13. The Bertz CT molecular complexity index is 1050. The molecule has 0 amide bonds. The van der Waals surface area contributed by atoms with Crippen LogP contribution in [0.15, 0.2) is 28.7 Å². The third kappa shape index (κ3) is 2.44. The van der Waals surface area contributed by atoms with Crippen molar-refractivity contribution in [2.24, 2.45) is 0 Å². The molecule has 0 radical (unpaired) electrons. The summed E-state index contributed by atoms with van der Waals surface area (Å²) in [6.45, 7) is 4.84. The van der Waals surface area contributed by atoms with Crippen LogP contribution in [0.25, 0.3) is 27.1 Å². The Kier molecular flexibility index (Phi) is 3.69. The summed E-state index contributed by atoms with van der Waals surface area (Å²) in [4.78, 5) is 0.603. The molecule has 0 fully saturated rings. The van der Waals surface area contributed by atoms with Crippen LogP contribution in [0.2, 0.25) is 0 Å². The molecule has 24 heavy (non-hydrogen) atoms. The van der Waals surface area contributed by atoms with E-state index in [0.717, 1.165) is 22.9 Å². The Morgan fingerprint density at radius 3 is 2.75 bits per heavy atom. The zero-order valence-corrected chi connectivity index (χ0v) is 15.3. The van der Waals surface area contributed by atoms with E-state index in [2.05, 4.69) is 36.3 Å². The molecule has 6 nitrogen and oxygen atoms in total. The number of hydrogen-bond acceptors (Lipinski definition) is 5. The summed E-state index contributed by atoms with van der Waals surface area (Å²) in [5.74, 6) is 0.00322. The van der Waals surface area contributed by atoms with Gasteiger partial charge in [-0.15, -0.1) is 10.2 Å². The first-order valence-electron chi connectivity index (χ1n) is 7.29. The van der Waals surface area contributed by atoms with E-state index >= 15 is 0 Å². The fraction of sp³-hybridized carbons (Fsp3) is 0.200. The molecule has 0 bridgehead atoms. The lowest BCUT2D eigenvalue weighted by Gasteiger charge is -1.99. The second kappa shape index (κ2) is 5.75. The molecule has 0 atom stereocenters. The van der Waals surface area contributed by atoms with Gasteiger partial charge < -0.3 is 0 Å². The highest BCUT2D eigenvalue weighted by Gasteiger charge is 2.18. The number of rotatable bonds is 3. The van der Waals surface area contributed by atoms with E-state index in [0.29, 0.717) is 20.8 Å². The summed E-state index contributed by atoms with van der Waals surface area (Å²) in [5, 5.41) is 18.0. The van der Waals surface area contributed by atoms with E-state index in [4.69, 9.17) is 0 Å². The fourth-order valence-corrected chi connectivity index (χ4v) is 3.62. The monoisotopic (exact) mass is 406 g/mol. The third-order valence-corrected chi connectivity index (χ3v) is 5.08. The molecular weight excluding hydrogens is 395 g/mol. The van der Waals surface area contributed by atoms with Crippen molar-refractivity contribution >= 4 is 32.2 Å². The van der Waals surface area contributed by atoms with Gasteiger partial charge in [0.05, 0.1) is 5.56 Å². The zero-order chi connectivity index (χ0) is 16.8. The minimum Gasteiger partial charge on any atom is -0.269 e. The van der Waals surface area contributed by atoms with Gasteiger partial charge in [-0.2, -0.15) is 14.7 Å². The van der Waals surface area contributed by atoms with Crippen molar-refractivity contribution in [3.05, 3.63) is 40.2 Å². The molecule has 0 saturated carbocycles. The van der Waals surface area contributed by atoms with Crippen molar-refractivity contribution in [1.82, 2.24) is 29.6 Å². The van der Waals surface area contributed by atoms with Crippen molar-refractivity contribution in [3.63, 3.8) is 0 Å². The molecular formula is C15H12BrFN6S. The summed E-state index contributed by atoms with van der Waals surface area (Å²) < 4.78 is 18.4. The molecule has 0 aliphatic heterocycles. The first kappa shape index (κ1) is 15.4. The van der Waals surface area contributed by atoms with Crippen molar-refractivity contribution in [3.8, 4) is 22.1 Å². The Morgan fingerprint density at radius 1 is 1.21 bits per heavy atom. The van der Waals surface area contributed by atoms with Crippen LogP contribution in [-0.4, -0.2) is 29.6 Å². The van der Waals surface area contributed by atoms with Crippen LogP contribution in [0.4, 0.5) is 4.39 Å². The van der Waals surface area contributed by atoms with Crippen LogP contribution in [0.1, 0.15) is 12.6 Å². The first-order valence-corrected chi connectivity index (χ1v) is 8.90. The fourth-order valence-electron chi connectivity index (χ4n) is 2.49. The van der Waals surface area contributed by atoms with Gasteiger partial charge in [0.2, 0.25) is 4.96 Å². The predicted octanol–water partition coefficient (Wildman–Crippen LogP) is 3.95. The zero-order valence-electron chi connectivity index (χ0n) is 12.9. The summed E-state index contributed by atoms with van der Waals surface area (Å²) in [6.07, 6.45) is 0. The topological polar surface area (TPSA) is 60.9 Å². The average Bonchev–Trinajstić information content (AvgIpc) is 3.21. The minimum atomic E-state index is -0.376. The van der Waals surface area contributed by atoms with E-state index in [1.807, 2.05) is 24.6 Å². The van der Waals surface area contributed by atoms with E-state index in [9.17, 15) is 4.39 Å². The lowest BCUT2D eigenvalue weighted by molar-refractivity contribution is 0.628. The highest BCUT2D eigenvalue weighted by molar-refractivity contribution is 9.10. The second-order valence-electron chi connectivity index (χ2n) is 5.24. The maximum atomic E-state index is 14.2. The number of benzene rings is 1. The maximum absolute atomic E-state index is 14.2. The van der Waals surface area contributed by atoms with Crippen LogP contribution in [0, 0.1) is 12.7 Å². The van der Waals surface area contributed by atoms with E-state index in [1.54, 1.807) is 16.6 Å². The SMILES string of the molecule is CCn1nc(-c2nn3c(-c4ccc(Br)cc4F)nnc3s2)cc1C. The molecule has 0 saturated heterocycles. The quantitative estimate of drug-likeness (QED) is 0.516. The summed E-state index contributed by atoms with van der Waals surface area (Å²) in [5.41, 5.74) is 2.21. The molecule has 0 N–H and O–H groups in total. The number of aryl methyl sites for hydroxylation is 2. The Balaban J connectivity index is 1.83.